The number of rotatable bonds is 1. The molecule has 3 rings (SSSR count). The SMILES string of the molecule is COc1cccc2c1[C@@H]1C[C@@H]1CCC2. The first-order valence-corrected chi connectivity index (χ1v) is 5.56. The number of benzene rings is 1. The lowest BCUT2D eigenvalue weighted by Crippen LogP contribution is -1.95. The highest BCUT2D eigenvalue weighted by Crippen LogP contribution is 2.55. The number of fused-ring (bicyclic) bond motifs is 3. The molecule has 1 nitrogen and oxygen atoms in total. The fourth-order valence-electron chi connectivity index (χ4n) is 2.88. The maximum Gasteiger partial charge on any atom is 0.122 e. The highest BCUT2D eigenvalue weighted by atomic mass is 16.5. The lowest BCUT2D eigenvalue weighted by atomic mass is 10.00. The van der Waals surface area contributed by atoms with Crippen LogP contribution in [-0.2, 0) is 6.42 Å². The third-order valence-electron chi connectivity index (χ3n) is 3.69. The largest absolute Gasteiger partial charge is 0.496 e. The maximum absolute atomic E-state index is 5.47. The Morgan fingerprint density at radius 1 is 1.36 bits per heavy atom. The molecule has 0 spiro atoms. The molecule has 0 unspecified atom stereocenters. The van der Waals surface area contributed by atoms with Crippen LogP contribution in [0.3, 0.4) is 0 Å². The van der Waals surface area contributed by atoms with Gasteiger partial charge in [0, 0.05) is 5.56 Å². The Balaban J connectivity index is 2.10. The Hall–Kier alpha value is -0.980. The van der Waals surface area contributed by atoms with Crippen LogP contribution in [0.4, 0.5) is 0 Å². The molecule has 2 aliphatic carbocycles. The van der Waals surface area contributed by atoms with E-state index >= 15 is 0 Å². The first-order chi connectivity index (χ1) is 6.90. The van der Waals surface area contributed by atoms with Crippen LogP contribution in [-0.4, -0.2) is 7.11 Å². The van der Waals surface area contributed by atoms with E-state index in [9.17, 15) is 0 Å². The van der Waals surface area contributed by atoms with Crippen molar-refractivity contribution in [2.45, 2.75) is 31.6 Å². The van der Waals surface area contributed by atoms with Crippen molar-refractivity contribution in [3.05, 3.63) is 29.3 Å². The minimum absolute atomic E-state index is 0.823. The average Bonchev–Trinajstić information content (AvgIpc) is 2.95. The predicted molar refractivity (Wildman–Crippen MR) is 56.8 cm³/mol. The van der Waals surface area contributed by atoms with Gasteiger partial charge in [-0.05, 0) is 49.1 Å². The molecule has 0 amide bonds. The molecule has 2 atom stereocenters. The normalized spacial score (nSPS) is 28.6. The molecule has 74 valence electrons. The highest BCUT2D eigenvalue weighted by Gasteiger charge is 2.42. The summed E-state index contributed by atoms with van der Waals surface area (Å²) in [6.45, 7) is 0. The van der Waals surface area contributed by atoms with Gasteiger partial charge in [-0.1, -0.05) is 12.1 Å². The van der Waals surface area contributed by atoms with Crippen molar-refractivity contribution in [1.82, 2.24) is 0 Å². The van der Waals surface area contributed by atoms with Gasteiger partial charge in [0.1, 0.15) is 5.75 Å². The van der Waals surface area contributed by atoms with Crippen molar-refractivity contribution in [1.29, 1.82) is 0 Å². The molecule has 0 bridgehead atoms. The molecular formula is C13H16O. The first-order valence-electron chi connectivity index (χ1n) is 5.56. The standard InChI is InChI=1S/C13H16O/c1-14-12-7-3-5-9-4-2-6-10-8-11(10)13(9)12/h3,5,7,10-11H,2,4,6,8H2,1H3/t10-,11+/m0/s1. The molecule has 0 aromatic heterocycles. The highest BCUT2D eigenvalue weighted by molar-refractivity contribution is 5.46. The van der Waals surface area contributed by atoms with Crippen molar-refractivity contribution < 1.29 is 4.74 Å². The summed E-state index contributed by atoms with van der Waals surface area (Å²) in [5, 5.41) is 0. The number of aryl methyl sites for hydroxylation is 1. The van der Waals surface area contributed by atoms with Gasteiger partial charge in [-0.3, -0.25) is 0 Å². The van der Waals surface area contributed by atoms with Gasteiger partial charge in [0.15, 0.2) is 0 Å². The lowest BCUT2D eigenvalue weighted by Gasteiger charge is -2.11. The van der Waals surface area contributed by atoms with Crippen molar-refractivity contribution in [3.8, 4) is 5.75 Å². The minimum atomic E-state index is 0.823. The second-order valence-corrected chi connectivity index (χ2v) is 4.53. The van der Waals surface area contributed by atoms with Gasteiger partial charge in [-0.2, -0.15) is 0 Å². The summed E-state index contributed by atoms with van der Waals surface area (Å²) in [4.78, 5) is 0. The third kappa shape index (κ3) is 1.15. The summed E-state index contributed by atoms with van der Waals surface area (Å²) >= 11 is 0. The summed E-state index contributed by atoms with van der Waals surface area (Å²) in [5.74, 6) is 2.91. The first kappa shape index (κ1) is 8.34. The van der Waals surface area contributed by atoms with E-state index in [-0.39, 0.29) is 0 Å². The molecule has 1 aromatic rings. The zero-order valence-electron chi connectivity index (χ0n) is 8.62. The van der Waals surface area contributed by atoms with E-state index in [0.717, 1.165) is 17.6 Å². The van der Waals surface area contributed by atoms with E-state index in [1.54, 1.807) is 7.11 Å². The molecular weight excluding hydrogens is 172 g/mol. The second-order valence-electron chi connectivity index (χ2n) is 4.53. The monoisotopic (exact) mass is 188 g/mol. The van der Waals surface area contributed by atoms with Crippen LogP contribution in [0.2, 0.25) is 0 Å². The fraction of sp³-hybridized carbons (Fsp3) is 0.538. The molecule has 1 saturated carbocycles. The topological polar surface area (TPSA) is 9.23 Å². The average molecular weight is 188 g/mol. The number of methoxy groups -OCH3 is 1. The Morgan fingerprint density at radius 2 is 2.29 bits per heavy atom. The molecule has 1 aromatic carbocycles. The van der Waals surface area contributed by atoms with Gasteiger partial charge in [0.25, 0.3) is 0 Å². The van der Waals surface area contributed by atoms with Crippen molar-refractivity contribution >= 4 is 0 Å². The maximum atomic E-state index is 5.47. The fourth-order valence-corrected chi connectivity index (χ4v) is 2.88. The van der Waals surface area contributed by atoms with Gasteiger partial charge in [-0.25, -0.2) is 0 Å². The minimum Gasteiger partial charge on any atom is -0.496 e. The Bertz CT molecular complexity index is 356. The van der Waals surface area contributed by atoms with E-state index in [0.29, 0.717) is 0 Å². The summed E-state index contributed by atoms with van der Waals surface area (Å²) in [6, 6.07) is 6.51. The van der Waals surface area contributed by atoms with E-state index in [1.165, 1.54) is 36.8 Å². The zero-order valence-corrected chi connectivity index (χ0v) is 8.62. The second kappa shape index (κ2) is 3.01. The van der Waals surface area contributed by atoms with E-state index in [1.807, 2.05) is 0 Å². The zero-order chi connectivity index (χ0) is 9.54. The van der Waals surface area contributed by atoms with Crippen LogP contribution in [0.1, 0.15) is 36.3 Å². The summed E-state index contributed by atoms with van der Waals surface area (Å²) in [5.41, 5.74) is 3.06. The van der Waals surface area contributed by atoms with E-state index in [2.05, 4.69) is 18.2 Å². The van der Waals surface area contributed by atoms with E-state index in [4.69, 9.17) is 4.74 Å². The molecule has 0 saturated heterocycles. The molecule has 0 heterocycles. The van der Waals surface area contributed by atoms with E-state index < -0.39 is 0 Å². The third-order valence-corrected chi connectivity index (χ3v) is 3.69. The predicted octanol–water partition coefficient (Wildman–Crippen LogP) is 3.14. The smallest absolute Gasteiger partial charge is 0.122 e. The summed E-state index contributed by atoms with van der Waals surface area (Å²) in [6.07, 6.45) is 5.43. The van der Waals surface area contributed by atoms with Crippen molar-refractivity contribution in [2.24, 2.45) is 5.92 Å². The molecule has 1 heteroatoms. The van der Waals surface area contributed by atoms with Crippen LogP contribution in [0, 0.1) is 5.92 Å². The van der Waals surface area contributed by atoms with Crippen molar-refractivity contribution in [2.75, 3.05) is 7.11 Å². The van der Waals surface area contributed by atoms with Gasteiger partial charge >= 0.3 is 0 Å². The Labute approximate surface area is 85.1 Å². The molecule has 0 N–H and O–H groups in total. The number of hydrogen-bond acceptors (Lipinski definition) is 1. The summed E-state index contributed by atoms with van der Waals surface area (Å²) in [7, 11) is 1.79. The molecule has 1 fully saturated rings. The number of hydrogen-bond donors (Lipinski definition) is 0. The van der Waals surface area contributed by atoms with Gasteiger partial charge in [0.2, 0.25) is 0 Å². The Kier molecular flexibility index (Phi) is 1.79. The molecule has 0 radical (unpaired) electrons. The lowest BCUT2D eigenvalue weighted by molar-refractivity contribution is 0.409. The quantitative estimate of drug-likeness (QED) is 0.658. The van der Waals surface area contributed by atoms with Gasteiger partial charge < -0.3 is 4.74 Å². The van der Waals surface area contributed by atoms with Crippen molar-refractivity contribution in [3.63, 3.8) is 0 Å². The van der Waals surface area contributed by atoms with Crippen LogP contribution < -0.4 is 4.74 Å². The van der Waals surface area contributed by atoms with Crippen LogP contribution in [0.25, 0.3) is 0 Å². The van der Waals surface area contributed by atoms with Gasteiger partial charge in [-0.15, -0.1) is 0 Å². The van der Waals surface area contributed by atoms with Crippen LogP contribution in [0.15, 0.2) is 18.2 Å². The van der Waals surface area contributed by atoms with Crippen LogP contribution >= 0.6 is 0 Å². The van der Waals surface area contributed by atoms with Gasteiger partial charge in [0.05, 0.1) is 7.11 Å². The molecule has 0 aliphatic heterocycles. The van der Waals surface area contributed by atoms with Crippen LogP contribution in [0.5, 0.6) is 5.75 Å². The Morgan fingerprint density at radius 3 is 3.14 bits per heavy atom. The molecule has 2 aliphatic rings. The number of ether oxygens (including phenoxy) is 1. The summed E-state index contributed by atoms with van der Waals surface area (Å²) < 4.78 is 5.47. The molecule has 14 heavy (non-hydrogen) atoms.